The van der Waals surface area contributed by atoms with Crippen LogP contribution in [0.4, 0.5) is 9.59 Å². The number of para-hydroxylation sites is 2. The van der Waals surface area contributed by atoms with Crippen LogP contribution in [0.5, 0.6) is 11.5 Å². The van der Waals surface area contributed by atoms with E-state index in [0.717, 1.165) is 43.2 Å². The van der Waals surface area contributed by atoms with E-state index in [-0.39, 0.29) is 16.9 Å². The van der Waals surface area contributed by atoms with Gasteiger partial charge in [-0.05, 0) is 66.2 Å². The van der Waals surface area contributed by atoms with Gasteiger partial charge in [0.25, 0.3) is 0 Å². The summed E-state index contributed by atoms with van der Waals surface area (Å²) in [6.45, 7) is 11.1. The summed E-state index contributed by atoms with van der Waals surface area (Å²) in [5.74, 6) is 1.18. The third kappa shape index (κ3) is 6.99. The van der Waals surface area contributed by atoms with Crippen LogP contribution in [0.25, 0.3) is 0 Å². The molecule has 1 fully saturated rings. The Morgan fingerprint density at radius 1 is 0.853 bits per heavy atom. The number of amides is 2. The second-order valence-electron chi connectivity index (χ2n) is 10.5. The summed E-state index contributed by atoms with van der Waals surface area (Å²) >= 11 is 0. The molecule has 6 nitrogen and oxygen atoms in total. The lowest BCUT2D eigenvalue weighted by molar-refractivity contribution is 0.0701. The number of rotatable bonds is 7. The Balaban J connectivity index is 1.59. The lowest BCUT2D eigenvalue weighted by atomic mass is 9.62. The first kappa shape index (κ1) is 25.6. The standard InChI is InChI=1S/C28H38N2O4/c1-6-20-12-8-10-14-23(20)33-25(31)29-19-28(5)17-22(16-27(3,4)18-28)30-26(32)34-24-15-11-9-13-21(24)7-2/h8-15,22H,6-7,16-19H2,1-5H3,(H,29,31)(H,30,32). The Labute approximate surface area is 203 Å². The molecule has 0 aromatic heterocycles. The maximum Gasteiger partial charge on any atom is 0.412 e. The van der Waals surface area contributed by atoms with Gasteiger partial charge in [-0.2, -0.15) is 0 Å². The summed E-state index contributed by atoms with van der Waals surface area (Å²) in [5.41, 5.74) is 1.81. The molecular formula is C28H38N2O4. The maximum absolute atomic E-state index is 12.7. The fraction of sp³-hybridized carbons (Fsp3) is 0.500. The van der Waals surface area contributed by atoms with Crippen LogP contribution in [0.3, 0.4) is 0 Å². The molecule has 2 N–H and O–H groups in total. The first-order valence-corrected chi connectivity index (χ1v) is 12.2. The van der Waals surface area contributed by atoms with Gasteiger partial charge in [0.2, 0.25) is 0 Å². The molecular weight excluding hydrogens is 428 g/mol. The Kier molecular flexibility index (Phi) is 8.24. The molecule has 0 bridgehead atoms. The fourth-order valence-electron chi connectivity index (χ4n) is 5.38. The molecule has 0 spiro atoms. The zero-order chi connectivity index (χ0) is 24.8. The van der Waals surface area contributed by atoms with Crippen molar-refractivity contribution in [3.8, 4) is 11.5 Å². The highest BCUT2D eigenvalue weighted by Gasteiger charge is 2.42. The van der Waals surface area contributed by atoms with Crippen LogP contribution in [-0.4, -0.2) is 24.8 Å². The molecule has 1 aliphatic rings. The van der Waals surface area contributed by atoms with Gasteiger partial charge in [-0.3, -0.25) is 0 Å². The molecule has 0 heterocycles. The highest BCUT2D eigenvalue weighted by atomic mass is 16.6. The minimum Gasteiger partial charge on any atom is -0.410 e. The van der Waals surface area contributed by atoms with Crippen LogP contribution >= 0.6 is 0 Å². The first-order chi connectivity index (χ1) is 16.1. The molecule has 34 heavy (non-hydrogen) atoms. The van der Waals surface area contributed by atoms with E-state index in [9.17, 15) is 9.59 Å². The van der Waals surface area contributed by atoms with Crippen molar-refractivity contribution >= 4 is 12.2 Å². The predicted octanol–water partition coefficient (Wildman–Crippen LogP) is 6.27. The number of carbonyl (C=O) groups excluding carboxylic acids is 2. The largest absolute Gasteiger partial charge is 0.412 e. The van der Waals surface area contributed by atoms with Crippen molar-refractivity contribution in [1.82, 2.24) is 10.6 Å². The van der Waals surface area contributed by atoms with Gasteiger partial charge in [0.1, 0.15) is 11.5 Å². The third-order valence-corrected chi connectivity index (χ3v) is 6.54. The molecule has 0 radical (unpaired) electrons. The van der Waals surface area contributed by atoms with Crippen LogP contribution in [0.1, 0.15) is 65.0 Å². The van der Waals surface area contributed by atoms with E-state index in [0.29, 0.717) is 18.0 Å². The highest BCUT2D eigenvalue weighted by Crippen LogP contribution is 2.45. The van der Waals surface area contributed by atoms with Crippen LogP contribution < -0.4 is 20.1 Å². The highest BCUT2D eigenvalue weighted by molar-refractivity contribution is 5.71. The minimum atomic E-state index is -0.453. The first-order valence-electron chi connectivity index (χ1n) is 12.2. The van der Waals surface area contributed by atoms with Crippen LogP contribution in [0.15, 0.2) is 48.5 Å². The molecule has 0 saturated heterocycles. The lowest BCUT2D eigenvalue weighted by Gasteiger charge is -2.46. The summed E-state index contributed by atoms with van der Waals surface area (Å²) < 4.78 is 11.2. The number of hydrogen-bond donors (Lipinski definition) is 2. The fourth-order valence-corrected chi connectivity index (χ4v) is 5.38. The molecule has 2 unspecified atom stereocenters. The second-order valence-corrected chi connectivity index (χ2v) is 10.5. The van der Waals surface area contributed by atoms with E-state index in [1.165, 1.54) is 0 Å². The van der Waals surface area contributed by atoms with E-state index >= 15 is 0 Å². The van der Waals surface area contributed by atoms with Gasteiger partial charge < -0.3 is 20.1 Å². The van der Waals surface area contributed by atoms with Crippen molar-refractivity contribution in [2.45, 2.75) is 72.8 Å². The number of aryl methyl sites for hydroxylation is 2. The summed E-state index contributed by atoms with van der Waals surface area (Å²) in [5, 5.41) is 6.02. The number of benzene rings is 2. The SMILES string of the molecule is CCc1ccccc1OC(=O)NCC1(C)CC(NC(=O)Oc2ccccc2CC)CC(C)(C)C1. The number of nitrogens with one attached hydrogen (secondary N) is 2. The van der Waals surface area contributed by atoms with Crippen molar-refractivity contribution in [1.29, 1.82) is 0 Å². The monoisotopic (exact) mass is 466 g/mol. The summed E-state index contributed by atoms with van der Waals surface area (Å²) in [4.78, 5) is 25.2. The smallest absolute Gasteiger partial charge is 0.410 e. The Morgan fingerprint density at radius 3 is 1.94 bits per heavy atom. The molecule has 6 heteroatoms. The van der Waals surface area contributed by atoms with Gasteiger partial charge in [0.05, 0.1) is 0 Å². The molecule has 2 atom stereocenters. The van der Waals surface area contributed by atoms with Crippen molar-refractivity contribution in [3.05, 3.63) is 59.7 Å². The summed E-state index contributed by atoms with van der Waals surface area (Å²) in [6, 6.07) is 15.1. The minimum absolute atomic E-state index is 0.00661. The van der Waals surface area contributed by atoms with Crippen molar-refractivity contribution < 1.29 is 19.1 Å². The molecule has 2 amide bonds. The van der Waals surface area contributed by atoms with E-state index in [1.807, 2.05) is 62.4 Å². The van der Waals surface area contributed by atoms with E-state index in [2.05, 4.69) is 31.4 Å². The molecule has 184 valence electrons. The summed E-state index contributed by atoms with van der Waals surface area (Å²) in [6.07, 6.45) is 3.22. The van der Waals surface area contributed by atoms with E-state index in [4.69, 9.17) is 9.47 Å². The third-order valence-electron chi connectivity index (χ3n) is 6.54. The zero-order valence-corrected chi connectivity index (χ0v) is 21.1. The van der Waals surface area contributed by atoms with Gasteiger partial charge in [-0.1, -0.05) is 71.0 Å². The molecule has 2 aromatic rings. The lowest BCUT2D eigenvalue weighted by Crippen LogP contribution is -2.51. The van der Waals surface area contributed by atoms with E-state index in [1.54, 1.807) is 0 Å². The van der Waals surface area contributed by atoms with Crippen LogP contribution in [-0.2, 0) is 12.8 Å². The van der Waals surface area contributed by atoms with Gasteiger partial charge in [-0.25, -0.2) is 9.59 Å². The van der Waals surface area contributed by atoms with Crippen molar-refractivity contribution in [2.75, 3.05) is 6.54 Å². The second kappa shape index (κ2) is 10.9. The molecule has 3 rings (SSSR count). The zero-order valence-electron chi connectivity index (χ0n) is 21.1. The Morgan fingerprint density at radius 2 is 1.38 bits per heavy atom. The number of hydrogen-bond acceptors (Lipinski definition) is 4. The molecule has 1 saturated carbocycles. The number of carbonyl (C=O) groups is 2. The summed E-state index contributed by atoms with van der Waals surface area (Å²) in [7, 11) is 0. The Hall–Kier alpha value is -3.02. The van der Waals surface area contributed by atoms with Gasteiger partial charge >= 0.3 is 12.2 Å². The van der Waals surface area contributed by atoms with Crippen LogP contribution in [0.2, 0.25) is 0 Å². The average molecular weight is 467 g/mol. The topological polar surface area (TPSA) is 76.7 Å². The molecule has 1 aliphatic carbocycles. The normalized spacial score (nSPS) is 21.4. The predicted molar refractivity (Wildman–Crippen MR) is 134 cm³/mol. The molecule has 2 aromatic carbocycles. The Bertz CT molecular complexity index is 1000. The average Bonchev–Trinajstić information content (AvgIpc) is 2.77. The van der Waals surface area contributed by atoms with Gasteiger partial charge in [0.15, 0.2) is 0 Å². The molecule has 0 aliphatic heterocycles. The number of ether oxygens (including phenoxy) is 2. The maximum atomic E-state index is 12.7. The van der Waals surface area contributed by atoms with Crippen LogP contribution in [0, 0.1) is 10.8 Å². The van der Waals surface area contributed by atoms with Gasteiger partial charge in [-0.15, -0.1) is 0 Å². The quantitative estimate of drug-likeness (QED) is 0.504. The van der Waals surface area contributed by atoms with Crippen molar-refractivity contribution in [2.24, 2.45) is 10.8 Å². The van der Waals surface area contributed by atoms with Gasteiger partial charge in [0, 0.05) is 12.6 Å². The van der Waals surface area contributed by atoms with E-state index < -0.39 is 12.2 Å². The van der Waals surface area contributed by atoms with Crippen molar-refractivity contribution in [3.63, 3.8) is 0 Å².